The Balaban J connectivity index is 1.17. The summed E-state index contributed by atoms with van der Waals surface area (Å²) >= 11 is 23.1. The SMILES string of the molecule is C1=CSC(=C2SC3=C(S2)SC(=c2c4ccccc4c(=C4SC5=C(SC(=C6SC=CS6)S5)S4)c4ccccc24)S3)S1. The first kappa shape index (κ1) is 26.9. The molecule has 0 nitrogen and oxygen atoms in total. The van der Waals surface area contributed by atoms with E-state index in [1.165, 1.54) is 74.4 Å². The van der Waals surface area contributed by atoms with Crippen LogP contribution < -0.4 is 10.4 Å². The summed E-state index contributed by atoms with van der Waals surface area (Å²) in [6, 6.07) is 18.2. The van der Waals surface area contributed by atoms with E-state index >= 15 is 0 Å². The van der Waals surface area contributed by atoms with Gasteiger partial charge in [-0.25, -0.2) is 0 Å². The molecule has 0 amide bonds. The first-order valence-electron chi connectivity index (χ1n) is 11.8. The maximum absolute atomic E-state index is 2.34. The van der Waals surface area contributed by atoms with Crippen LogP contribution in [0.15, 0.2) is 104 Å². The molecular formula is C28H12S12. The fourth-order valence-electron chi connectivity index (χ4n) is 4.72. The summed E-state index contributed by atoms with van der Waals surface area (Å²) in [7, 11) is 0. The van der Waals surface area contributed by atoms with Gasteiger partial charge < -0.3 is 0 Å². The minimum Gasteiger partial charge on any atom is -0.0884 e. The third kappa shape index (κ3) is 4.62. The summed E-state index contributed by atoms with van der Waals surface area (Å²) in [4.78, 5) is 0. The molecule has 6 heterocycles. The van der Waals surface area contributed by atoms with Crippen LogP contribution in [0, 0.1) is 0 Å². The van der Waals surface area contributed by atoms with Gasteiger partial charge in [-0.05, 0) is 43.2 Å². The Morgan fingerprint density at radius 1 is 0.275 bits per heavy atom. The van der Waals surface area contributed by atoms with Gasteiger partial charge in [0.05, 0.1) is 42.4 Å². The van der Waals surface area contributed by atoms with Crippen molar-refractivity contribution in [3.63, 3.8) is 0 Å². The van der Waals surface area contributed by atoms with Gasteiger partial charge in [0, 0.05) is 10.4 Å². The van der Waals surface area contributed by atoms with Gasteiger partial charge in [-0.15, -0.1) is 0 Å². The minimum atomic E-state index is 1.36. The third-order valence-electron chi connectivity index (χ3n) is 6.30. The van der Waals surface area contributed by atoms with Gasteiger partial charge in [0.15, 0.2) is 0 Å². The second-order valence-corrected chi connectivity index (χ2v) is 23.0. The molecule has 12 heteroatoms. The molecule has 6 aliphatic rings. The number of rotatable bonds is 0. The largest absolute Gasteiger partial charge is 0.0884 e. The van der Waals surface area contributed by atoms with Gasteiger partial charge in [-0.1, -0.05) is 190 Å². The van der Waals surface area contributed by atoms with Gasteiger partial charge in [0.25, 0.3) is 0 Å². The van der Waals surface area contributed by atoms with Crippen LogP contribution in [-0.2, 0) is 0 Å². The van der Waals surface area contributed by atoms with Crippen molar-refractivity contribution in [3.8, 4) is 0 Å². The van der Waals surface area contributed by atoms with Crippen LogP contribution in [-0.4, -0.2) is 0 Å². The van der Waals surface area contributed by atoms with Gasteiger partial charge in [0.2, 0.25) is 0 Å². The molecule has 6 aliphatic heterocycles. The van der Waals surface area contributed by atoms with Crippen molar-refractivity contribution in [2.45, 2.75) is 0 Å². The predicted molar refractivity (Wildman–Crippen MR) is 205 cm³/mol. The molecule has 0 N–H and O–H groups in total. The average molecular weight is 733 g/mol. The topological polar surface area (TPSA) is 0 Å². The number of hydrogen-bond acceptors (Lipinski definition) is 12. The molecule has 9 rings (SSSR count). The molecule has 0 atom stereocenters. The van der Waals surface area contributed by atoms with Gasteiger partial charge in [-0.2, -0.15) is 0 Å². The Hall–Kier alpha value is 0.560. The summed E-state index contributed by atoms with van der Waals surface area (Å²) in [5.41, 5.74) is 0. The lowest BCUT2D eigenvalue weighted by Gasteiger charge is -2.12. The monoisotopic (exact) mass is 732 g/mol. The molecule has 3 aromatic carbocycles. The Morgan fingerprint density at radius 2 is 0.525 bits per heavy atom. The maximum Gasteiger partial charge on any atom is 0.0717 e. The van der Waals surface area contributed by atoms with E-state index < -0.39 is 0 Å². The van der Waals surface area contributed by atoms with E-state index in [0.29, 0.717) is 0 Å². The van der Waals surface area contributed by atoms with Crippen molar-refractivity contribution < 1.29 is 0 Å². The van der Waals surface area contributed by atoms with Crippen LogP contribution in [0.25, 0.3) is 30.0 Å². The van der Waals surface area contributed by atoms with Gasteiger partial charge in [-0.3, -0.25) is 0 Å². The highest BCUT2D eigenvalue weighted by atomic mass is 32.3. The van der Waals surface area contributed by atoms with E-state index in [0.717, 1.165) is 0 Å². The molecule has 40 heavy (non-hydrogen) atoms. The fraction of sp³-hybridized carbons (Fsp3) is 0. The Bertz CT molecular complexity index is 1740. The molecule has 0 saturated heterocycles. The molecule has 0 fully saturated rings. The third-order valence-corrected chi connectivity index (χ3v) is 22.9. The van der Waals surface area contributed by atoms with Crippen molar-refractivity contribution in [1.82, 2.24) is 0 Å². The molecule has 0 aliphatic carbocycles. The first-order chi connectivity index (χ1) is 19.8. The molecular weight excluding hydrogens is 721 g/mol. The smallest absolute Gasteiger partial charge is 0.0717 e. The van der Waals surface area contributed by atoms with Crippen LogP contribution >= 0.6 is 141 Å². The summed E-state index contributed by atoms with van der Waals surface area (Å²) in [5.74, 6) is 0. The quantitative estimate of drug-likeness (QED) is 0.202. The number of thioether (sulfide) groups is 12. The highest BCUT2D eigenvalue weighted by molar-refractivity contribution is 8.53. The van der Waals surface area contributed by atoms with Crippen molar-refractivity contribution in [1.29, 1.82) is 0 Å². The zero-order chi connectivity index (χ0) is 26.2. The minimum absolute atomic E-state index is 1.36. The molecule has 0 bridgehead atoms. The number of benzene rings is 3. The second kappa shape index (κ2) is 11.2. The van der Waals surface area contributed by atoms with Crippen LogP contribution in [0.1, 0.15) is 0 Å². The second-order valence-electron chi connectivity index (χ2n) is 8.55. The predicted octanol–water partition coefficient (Wildman–Crippen LogP) is 12.5. The van der Waals surface area contributed by atoms with E-state index in [-0.39, 0.29) is 0 Å². The summed E-state index contributed by atoms with van der Waals surface area (Å²) in [6.45, 7) is 0. The standard InChI is InChI=1S/C28H12S12/c1-2-6-14-13(5-1)17(19-33-25-26(34-19)38-23(37-25)21-29-9-10-30-21)15-7-3-4-8-16(15)18(14)20-35-27-28(36-20)40-24(39-27)22-31-11-12-32-22/h1-12H. The van der Waals surface area contributed by atoms with Gasteiger partial charge in [0.1, 0.15) is 0 Å². The number of fused-ring (bicyclic) bond motifs is 2. The van der Waals surface area contributed by atoms with Crippen molar-refractivity contribution in [2.24, 2.45) is 0 Å². The van der Waals surface area contributed by atoms with Crippen LogP contribution in [0.2, 0.25) is 0 Å². The highest BCUT2D eigenvalue weighted by Crippen LogP contribution is 2.70. The lowest BCUT2D eigenvalue weighted by Crippen LogP contribution is -2.16. The molecule has 0 aromatic heterocycles. The van der Waals surface area contributed by atoms with E-state index in [9.17, 15) is 0 Å². The summed E-state index contributed by atoms with van der Waals surface area (Å²) in [6.07, 6.45) is 0. The van der Waals surface area contributed by atoms with E-state index in [1.54, 1.807) is 0 Å². The molecule has 0 spiro atoms. The molecule has 0 radical (unpaired) electrons. The zero-order valence-corrected chi connectivity index (χ0v) is 29.6. The average Bonchev–Trinajstić information content (AvgIpc) is 3.79. The van der Waals surface area contributed by atoms with Crippen LogP contribution in [0.4, 0.5) is 0 Å². The fourth-order valence-corrected chi connectivity index (χ4v) is 22.0. The molecule has 0 unspecified atom stereocenters. The number of hydrogen-bond donors (Lipinski definition) is 0. The van der Waals surface area contributed by atoms with E-state index in [4.69, 9.17) is 0 Å². The summed E-state index contributed by atoms with van der Waals surface area (Å²) in [5, 5.41) is 17.0. The summed E-state index contributed by atoms with van der Waals surface area (Å²) < 4.78 is 14.3. The molecule has 196 valence electrons. The van der Waals surface area contributed by atoms with Crippen LogP contribution in [0.3, 0.4) is 0 Å². The Morgan fingerprint density at radius 3 is 0.825 bits per heavy atom. The van der Waals surface area contributed by atoms with E-state index in [2.05, 4.69) is 70.2 Å². The van der Waals surface area contributed by atoms with Gasteiger partial charge >= 0.3 is 0 Å². The Kier molecular flexibility index (Phi) is 7.52. The highest BCUT2D eigenvalue weighted by Gasteiger charge is 2.35. The first-order valence-corrected chi connectivity index (χ1v) is 21.9. The van der Waals surface area contributed by atoms with E-state index in [1.807, 2.05) is 141 Å². The van der Waals surface area contributed by atoms with Crippen molar-refractivity contribution in [2.75, 3.05) is 0 Å². The van der Waals surface area contributed by atoms with Crippen LogP contribution in [0.5, 0.6) is 0 Å². The van der Waals surface area contributed by atoms with Crippen molar-refractivity contribution >= 4 is 171 Å². The maximum atomic E-state index is 2.34. The molecule has 3 aromatic rings. The lowest BCUT2D eigenvalue weighted by molar-refractivity contribution is 1.69. The molecule has 0 saturated carbocycles. The van der Waals surface area contributed by atoms with Crippen molar-refractivity contribution in [3.05, 3.63) is 114 Å². The zero-order valence-electron chi connectivity index (χ0n) is 19.8. The Labute approximate surface area is 282 Å². The normalized spacial score (nSPS) is 22.1. The lowest BCUT2D eigenvalue weighted by atomic mass is 9.99.